The Bertz CT molecular complexity index is 2930. The fourth-order valence-electron chi connectivity index (χ4n) is 10.5. The summed E-state index contributed by atoms with van der Waals surface area (Å²) in [6, 6.07) is 76.2. The van der Waals surface area contributed by atoms with Gasteiger partial charge in [0.15, 0.2) is 0 Å². The number of para-hydroxylation sites is 1. The van der Waals surface area contributed by atoms with Gasteiger partial charge in [-0.15, -0.1) is 0 Å². The highest BCUT2D eigenvalue weighted by atomic mass is 16.5. The lowest BCUT2D eigenvalue weighted by Crippen LogP contribution is -2.32. The van der Waals surface area contributed by atoms with E-state index in [4.69, 9.17) is 4.74 Å². The third-order valence-electron chi connectivity index (χ3n) is 12.6. The van der Waals surface area contributed by atoms with Gasteiger partial charge in [0.05, 0.1) is 10.8 Å². The van der Waals surface area contributed by atoms with Crippen molar-refractivity contribution in [2.75, 3.05) is 0 Å². The predicted octanol–water partition coefficient (Wildman–Crippen LogP) is 13.3. The fraction of sp³-hybridized carbons (Fsp3) is 0.0370. The molecule has 3 aliphatic rings. The van der Waals surface area contributed by atoms with E-state index < -0.39 is 10.8 Å². The number of benzene rings is 9. The predicted molar refractivity (Wildman–Crippen MR) is 224 cm³/mol. The van der Waals surface area contributed by atoms with E-state index in [1.54, 1.807) is 0 Å². The summed E-state index contributed by atoms with van der Waals surface area (Å²) in [5.41, 5.74) is 16.7. The van der Waals surface area contributed by atoms with E-state index in [9.17, 15) is 0 Å². The van der Waals surface area contributed by atoms with Gasteiger partial charge in [0.2, 0.25) is 0 Å². The molecule has 1 spiro atoms. The van der Waals surface area contributed by atoms with Gasteiger partial charge in [0.25, 0.3) is 0 Å². The molecule has 1 heterocycles. The van der Waals surface area contributed by atoms with Crippen molar-refractivity contribution in [3.05, 3.63) is 251 Å². The minimum atomic E-state index is -0.546. The van der Waals surface area contributed by atoms with Gasteiger partial charge in [0, 0.05) is 16.5 Å². The number of ether oxygens (including phenoxy) is 1. The summed E-state index contributed by atoms with van der Waals surface area (Å²) in [6.07, 6.45) is 0. The SMILES string of the molecule is c1ccc(C2(c3ccccc3)c3ccccc3-c3cc(-c4cc5c(c6ccccc46)Oc4ccccc4C54c5ccccc5-c5ccccc54)ccc32)cc1. The molecule has 0 saturated heterocycles. The first-order valence-electron chi connectivity index (χ1n) is 19.2. The van der Waals surface area contributed by atoms with Crippen molar-refractivity contribution in [3.63, 3.8) is 0 Å². The fourth-order valence-corrected chi connectivity index (χ4v) is 10.5. The van der Waals surface area contributed by atoms with E-state index >= 15 is 0 Å². The van der Waals surface area contributed by atoms with Crippen molar-refractivity contribution >= 4 is 10.8 Å². The molecule has 1 aliphatic heterocycles. The monoisotopic (exact) mass is 698 g/mol. The van der Waals surface area contributed by atoms with Crippen LogP contribution in [0.4, 0.5) is 0 Å². The number of rotatable bonds is 3. The van der Waals surface area contributed by atoms with Crippen LogP contribution in [0.5, 0.6) is 11.5 Å². The largest absolute Gasteiger partial charge is 0.456 e. The van der Waals surface area contributed by atoms with Crippen molar-refractivity contribution in [1.29, 1.82) is 0 Å². The molecule has 0 bridgehead atoms. The van der Waals surface area contributed by atoms with Crippen LogP contribution in [0.2, 0.25) is 0 Å². The van der Waals surface area contributed by atoms with Gasteiger partial charge in [-0.05, 0) is 90.3 Å². The summed E-state index contributed by atoms with van der Waals surface area (Å²) >= 11 is 0. The zero-order valence-corrected chi connectivity index (χ0v) is 30.0. The van der Waals surface area contributed by atoms with Crippen LogP contribution in [-0.4, -0.2) is 0 Å². The molecule has 2 aliphatic carbocycles. The Morgan fingerprint density at radius 3 is 1.40 bits per heavy atom. The highest BCUT2D eigenvalue weighted by molar-refractivity contribution is 6.05. The van der Waals surface area contributed by atoms with Crippen LogP contribution in [0.15, 0.2) is 206 Å². The second kappa shape index (κ2) is 11.3. The first kappa shape index (κ1) is 30.5. The zero-order chi connectivity index (χ0) is 36.1. The minimum Gasteiger partial charge on any atom is -0.456 e. The van der Waals surface area contributed by atoms with Crippen molar-refractivity contribution in [3.8, 4) is 44.9 Å². The molecular weight excluding hydrogens is 665 g/mol. The van der Waals surface area contributed by atoms with Crippen LogP contribution < -0.4 is 4.74 Å². The number of hydrogen-bond donors (Lipinski definition) is 0. The first-order chi connectivity index (χ1) is 27.3. The Hall–Kier alpha value is -6.96. The summed E-state index contributed by atoms with van der Waals surface area (Å²) in [5, 5.41) is 2.30. The average Bonchev–Trinajstić information content (AvgIpc) is 3.73. The molecule has 12 rings (SSSR count). The second-order valence-electron chi connectivity index (χ2n) is 15.1. The van der Waals surface area contributed by atoms with E-state index in [0.717, 1.165) is 16.9 Å². The highest BCUT2D eigenvalue weighted by Gasteiger charge is 2.52. The lowest BCUT2D eigenvalue weighted by molar-refractivity contribution is 0.442. The zero-order valence-electron chi connectivity index (χ0n) is 30.0. The Morgan fingerprint density at radius 2 is 0.764 bits per heavy atom. The summed E-state index contributed by atoms with van der Waals surface area (Å²) in [5.74, 6) is 1.84. The molecule has 9 aromatic carbocycles. The van der Waals surface area contributed by atoms with Gasteiger partial charge in [-0.25, -0.2) is 0 Å². The van der Waals surface area contributed by atoms with Crippen molar-refractivity contribution in [1.82, 2.24) is 0 Å². The van der Waals surface area contributed by atoms with Gasteiger partial charge in [-0.1, -0.05) is 188 Å². The van der Waals surface area contributed by atoms with Crippen LogP contribution in [0.3, 0.4) is 0 Å². The molecule has 0 radical (unpaired) electrons. The van der Waals surface area contributed by atoms with Gasteiger partial charge in [-0.3, -0.25) is 0 Å². The molecule has 0 N–H and O–H groups in total. The topological polar surface area (TPSA) is 9.23 Å². The second-order valence-corrected chi connectivity index (χ2v) is 15.1. The molecular formula is C54H34O. The molecule has 0 saturated carbocycles. The summed E-state index contributed by atoms with van der Waals surface area (Å²) in [7, 11) is 0. The smallest absolute Gasteiger partial charge is 0.140 e. The molecule has 256 valence electrons. The molecule has 55 heavy (non-hydrogen) atoms. The lowest BCUT2D eigenvalue weighted by atomic mass is 9.65. The molecule has 0 unspecified atom stereocenters. The van der Waals surface area contributed by atoms with Crippen LogP contribution in [0.1, 0.15) is 44.5 Å². The normalized spacial score (nSPS) is 14.6. The van der Waals surface area contributed by atoms with Crippen LogP contribution in [0.25, 0.3) is 44.2 Å². The molecule has 0 fully saturated rings. The molecule has 1 heteroatoms. The highest BCUT2D eigenvalue weighted by Crippen LogP contribution is 2.64. The summed E-state index contributed by atoms with van der Waals surface area (Å²) < 4.78 is 7.04. The maximum absolute atomic E-state index is 7.04. The third kappa shape index (κ3) is 3.87. The Labute approximate surface area is 320 Å². The molecule has 9 aromatic rings. The summed E-state index contributed by atoms with van der Waals surface area (Å²) in [6.45, 7) is 0. The third-order valence-corrected chi connectivity index (χ3v) is 12.6. The standard InChI is InChI=1S/C54H34O/c1-3-17-36(18-4-1)53(37-19-5-2-6-20-37)45-26-12-11-24-41(45)44-33-35(31-32-48(44)53)43-34-50-52(42-25-8-7-21-38(42)43)55-51-30-16-15-29-49(51)54(50)46-27-13-9-22-39(46)40-23-10-14-28-47(40)54/h1-34H. The first-order valence-corrected chi connectivity index (χ1v) is 19.2. The average molecular weight is 699 g/mol. The summed E-state index contributed by atoms with van der Waals surface area (Å²) in [4.78, 5) is 0. The molecule has 0 atom stereocenters. The Morgan fingerprint density at radius 1 is 0.291 bits per heavy atom. The molecule has 1 nitrogen and oxygen atoms in total. The van der Waals surface area contributed by atoms with E-state index in [1.807, 2.05) is 0 Å². The molecule has 0 amide bonds. The van der Waals surface area contributed by atoms with Gasteiger partial charge in [-0.2, -0.15) is 0 Å². The van der Waals surface area contributed by atoms with Gasteiger partial charge >= 0.3 is 0 Å². The van der Waals surface area contributed by atoms with E-state index in [2.05, 4.69) is 206 Å². The van der Waals surface area contributed by atoms with Crippen molar-refractivity contribution in [2.45, 2.75) is 10.8 Å². The maximum atomic E-state index is 7.04. The lowest BCUT2D eigenvalue weighted by Gasteiger charge is -2.40. The van der Waals surface area contributed by atoms with Gasteiger partial charge in [0.1, 0.15) is 11.5 Å². The van der Waals surface area contributed by atoms with E-state index in [1.165, 1.54) is 83.3 Å². The number of hydrogen-bond acceptors (Lipinski definition) is 1. The number of fused-ring (bicyclic) bond motifs is 14. The quantitative estimate of drug-likeness (QED) is 0.178. The van der Waals surface area contributed by atoms with E-state index in [0.29, 0.717) is 0 Å². The minimum absolute atomic E-state index is 0.441. The van der Waals surface area contributed by atoms with Crippen LogP contribution in [-0.2, 0) is 10.8 Å². The van der Waals surface area contributed by atoms with Crippen molar-refractivity contribution in [2.24, 2.45) is 0 Å². The van der Waals surface area contributed by atoms with E-state index in [-0.39, 0.29) is 0 Å². The Kier molecular flexibility index (Phi) is 6.25. The molecule has 0 aromatic heterocycles. The van der Waals surface area contributed by atoms with Gasteiger partial charge < -0.3 is 4.74 Å². The van der Waals surface area contributed by atoms with Crippen molar-refractivity contribution < 1.29 is 4.74 Å². The van der Waals surface area contributed by atoms with Crippen LogP contribution >= 0.6 is 0 Å². The van der Waals surface area contributed by atoms with Crippen LogP contribution in [0, 0.1) is 0 Å². The maximum Gasteiger partial charge on any atom is 0.140 e. The Balaban J connectivity index is 1.17.